The van der Waals surface area contributed by atoms with Crippen LogP contribution in [-0.2, 0) is 0 Å². The molecule has 0 fully saturated rings. The molecule has 1 heterocycles. The number of para-hydroxylation sites is 1. The van der Waals surface area contributed by atoms with Crippen molar-refractivity contribution in [3.8, 4) is 0 Å². The van der Waals surface area contributed by atoms with Gasteiger partial charge in [-0.3, -0.25) is 4.79 Å². The van der Waals surface area contributed by atoms with Crippen LogP contribution in [-0.4, -0.2) is 10.8 Å². The lowest BCUT2D eigenvalue weighted by Gasteiger charge is -2.19. The molecular formula is C23H20N2O. The van der Waals surface area contributed by atoms with Crippen molar-refractivity contribution in [1.82, 2.24) is 4.98 Å². The summed E-state index contributed by atoms with van der Waals surface area (Å²) in [6, 6.07) is 25.4. The summed E-state index contributed by atoms with van der Waals surface area (Å²) in [5.74, 6) is 0.0502. The molecule has 26 heavy (non-hydrogen) atoms. The highest BCUT2D eigenvalue weighted by molar-refractivity contribution is 6.11. The molecule has 0 radical (unpaired) electrons. The van der Waals surface area contributed by atoms with Crippen molar-refractivity contribution in [2.24, 2.45) is 0 Å². The zero-order valence-electron chi connectivity index (χ0n) is 14.6. The maximum atomic E-state index is 13.4. The molecule has 0 saturated heterocycles. The van der Waals surface area contributed by atoms with Crippen LogP contribution in [0.2, 0.25) is 0 Å². The summed E-state index contributed by atoms with van der Waals surface area (Å²) < 4.78 is 0. The third-order valence-corrected chi connectivity index (χ3v) is 4.61. The molecule has 3 heteroatoms. The molecule has 0 spiro atoms. The number of aromatic nitrogens is 1. The predicted molar refractivity (Wildman–Crippen MR) is 107 cm³/mol. The van der Waals surface area contributed by atoms with Crippen molar-refractivity contribution in [2.45, 2.75) is 13.0 Å². The van der Waals surface area contributed by atoms with Crippen molar-refractivity contribution in [2.75, 3.05) is 5.32 Å². The largest absolute Gasteiger partial charge is 0.371 e. The molecule has 3 aromatic carbocycles. The predicted octanol–water partition coefficient (Wildman–Crippen LogP) is 5.51. The van der Waals surface area contributed by atoms with Crippen LogP contribution in [0.4, 0.5) is 5.69 Å². The van der Waals surface area contributed by atoms with E-state index < -0.39 is 6.04 Å². The summed E-state index contributed by atoms with van der Waals surface area (Å²) >= 11 is 0. The number of ketones is 1. The maximum Gasteiger partial charge on any atom is 0.191 e. The Morgan fingerprint density at radius 2 is 1.58 bits per heavy atom. The second-order valence-corrected chi connectivity index (χ2v) is 6.47. The van der Waals surface area contributed by atoms with Gasteiger partial charge in [-0.1, -0.05) is 66.2 Å². The van der Waals surface area contributed by atoms with E-state index in [1.165, 1.54) is 5.56 Å². The summed E-state index contributed by atoms with van der Waals surface area (Å²) in [7, 11) is 0. The molecule has 1 atom stereocenters. The van der Waals surface area contributed by atoms with Gasteiger partial charge in [-0.2, -0.15) is 0 Å². The molecule has 0 amide bonds. The monoisotopic (exact) mass is 340 g/mol. The zero-order chi connectivity index (χ0) is 17.9. The molecule has 4 rings (SSSR count). The molecule has 1 aromatic heterocycles. The smallest absolute Gasteiger partial charge is 0.191 e. The Morgan fingerprint density at radius 1 is 0.885 bits per heavy atom. The first-order valence-electron chi connectivity index (χ1n) is 8.71. The minimum atomic E-state index is -0.446. The van der Waals surface area contributed by atoms with Crippen LogP contribution in [0.25, 0.3) is 10.9 Å². The standard InChI is InChI=1S/C23H20N2O/c1-16-11-13-18(14-12-16)25-22(17-7-3-2-4-8-17)23(26)20-15-24-21-10-6-5-9-19(20)21/h2-15,22,24-25H,1H3. The number of fused-ring (bicyclic) bond motifs is 1. The molecule has 0 aliphatic carbocycles. The van der Waals surface area contributed by atoms with E-state index in [1.54, 1.807) is 6.20 Å². The van der Waals surface area contributed by atoms with E-state index in [0.29, 0.717) is 5.56 Å². The fourth-order valence-corrected chi connectivity index (χ4v) is 3.19. The van der Waals surface area contributed by atoms with Crippen LogP contribution in [0.15, 0.2) is 85.1 Å². The van der Waals surface area contributed by atoms with E-state index in [0.717, 1.165) is 22.2 Å². The normalized spacial score (nSPS) is 12.0. The third-order valence-electron chi connectivity index (χ3n) is 4.61. The Bertz CT molecular complexity index is 1030. The van der Waals surface area contributed by atoms with Crippen molar-refractivity contribution in [3.63, 3.8) is 0 Å². The van der Waals surface area contributed by atoms with Gasteiger partial charge in [-0.15, -0.1) is 0 Å². The fourth-order valence-electron chi connectivity index (χ4n) is 3.19. The summed E-state index contributed by atoms with van der Waals surface area (Å²) in [5.41, 5.74) is 4.74. The van der Waals surface area contributed by atoms with E-state index >= 15 is 0 Å². The fraction of sp³-hybridized carbons (Fsp3) is 0.0870. The molecule has 0 aliphatic rings. The topological polar surface area (TPSA) is 44.9 Å². The quantitative estimate of drug-likeness (QED) is 0.470. The highest BCUT2D eigenvalue weighted by Crippen LogP contribution is 2.27. The second-order valence-electron chi connectivity index (χ2n) is 6.47. The van der Waals surface area contributed by atoms with E-state index in [4.69, 9.17) is 0 Å². The summed E-state index contributed by atoms with van der Waals surface area (Å²) in [5, 5.41) is 4.36. The number of benzene rings is 3. The molecule has 0 bridgehead atoms. The number of rotatable bonds is 5. The van der Waals surface area contributed by atoms with Crippen LogP contribution in [0.5, 0.6) is 0 Å². The first-order chi connectivity index (χ1) is 12.7. The van der Waals surface area contributed by atoms with Gasteiger partial charge in [0.1, 0.15) is 6.04 Å². The Balaban J connectivity index is 1.74. The molecule has 128 valence electrons. The Labute approximate surface area is 152 Å². The van der Waals surface area contributed by atoms with E-state index in [9.17, 15) is 4.79 Å². The Morgan fingerprint density at radius 3 is 2.35 bits per heavy atom. The van der Waals surface area contributed by atoms with E-state index in [-0.39, 0.29) is 5.78 Å². The highest BCUT2D eigenvalue weighted by Gasteiger charge is 2.24. The lowest BCUT2D eigenvalue weighted by atomic mass is 9.96. The van der Waals surface area contributed by atoms with Crippen molar-refractivity contribution < 1.29 is 4.79 Å². The number of anilines is 1. The number of aryl methyl sites for hydroxylation is 1. The Kier molecular flexibility index (Phi) is 4.28. The summed E-state index contributed by atoms with van der Waals surface area (Å²) in [4.78, 5) is 16.6. The van der Waals surface area contributed by atoms with Crippen LogP contribution in [0.1, 0.15) is 27.5 Å². The Hall–Kier alpha value is -3.33. The second kappa shape index (κ2) is 6.89. The molecule has 0 aliphatic heterocycles. The van der Waals surface area contributed by atoms with Gasteiger partial charge in [0.05, 0.1) is 0 Å². The average Bonchev–Trinajstić information content (AvgIpc) is 3.12. The third kappa shape index (κ3) is 3.11. The number of H-pyrrole nitrogens is 1. The first-order valence-corrected chi connectivity index (χ1v) is 8.71. The zero-order valence-corrected chi connectivity index (χ0v) is 14.6. The highest BCUT2D eigenvalue weighted by atomic mass is 16.1. The van der Waals surface area contributed by atoms with Gasteiger partial charge in [-0.25, -0.2) is 0 Å². The maximum absolute atomic E-state index is 13.4. The molecule has 3 nitrogen and oxygen atoms in total. The van der Waals surface area contributed by atoms with Crippen molar-refractivity contribution >= 4 is 22.4 Å². The van der Waals surface area contributed by atoms with Crippen LogP contribution in [0, 0.1) is 6.92 Å². The van der Waals surface area contributed by atoms with Gasteiger partial charge >= 0.3 is 0 Å². The number of hydrogen-bond acceptors (Lipinski definition) is 2. The lowest BCUT2D eigenvalue weighted by Crippen LogP contribution is -2.21. The van der Waals surface area contributed by atoms with Crippen LogP contribution < -0.4 is 5.32 Å². The lowest BCUT2D eigenvalue weighted by molar-refractivity contribution is 0.0971. The van der Waals surface area contributed by atoms with Gasteiger partial charge in [0.25, 0.3) is 0 Å². The molecule has 4 aromatic rings. The van der Waals surface area contributed by atoms with Crippen LogP contribution >= 0.6 is 0 Å². The molecule has 2 N–H and O–H groups in total. The number of aromatic amines is 1. The number of Topliss-reactive ketones (excluding diaryl/α,β-unsaturated/α-hetero) is 1. The van der Waals surface area contributed by atoms with Gasteiger partial charge in [-0.05, 0) is 30.7 Å². The summed E-state index contributed by atoms with van der Waals surface area (Å²) in [6.45, 7) is 2.05. The molecular weight excluding hydrogens is 320 g/mol. The minimum Gasteiger partial charge on any atom is -0.371 e. The number of nitrogens with one attached hydrogen (secondary N) is 2. The SMILES string of the molecule is Cc1ccc(NC(C(=O)c2c[nH]c3ccccc23)c2ccccc2)cc1. The van der Waals surface area contributed by atoms with E-state index in [2.05, 4.69) is 17.2 Å². The molecule has 1 unspecified atom stereocenters. The summed E-state index contributed by atoms with van der Waals surface area (Å²) in [6.07, 6.45) is 1.81. The van der Waals surface area contributed by atoms with E-state index in [1.807, 2.05) is 78.9 Å². The molecule has 0 saturated carbocycles. The van der Waals surface area contributed by atoms with Gasteiger partial charge in [0.2, 0.25) is 0 Å². The van der Waals surface area contributed by atoms with Crippen molar-refractivity contribution in [1.29, 1.82) is 0 Å². The number of carbonyl (C=O) groups excluding carboxylic acids is 1. The van der Waals surface area contributed by atoms with Gasteiger partial charge < -0.3 is 10.3 Å². The minimum absolute atomic E-state index is 0.0502. The van der Waals surface area contributed by atoms with Gasteiger partial charge in [0.15, 0.2) is 5.78 Å². The van der Waals surface area contributed by atoms with Crippen molar-refractivity contribution in [3.05, 3.63) is 102 Å². The number of carbonyl (C=O) groups is 1. The van der Waals surface area contributed by atoms with Gasteiger partial charge in [0, 0.05) is 28.4 Å². The average molecular weight is 340 g/mol. The first kappa shape index (κ1) is 16.2. The van der Waals surface area contributed by atoms with Crippen LogP contribution in [0.3, 0.4) is 0 Å². The number of hydrogen-bond donors (Lipinski definition) is 2.